The van der Waals surface area contributed by atoms with Crippen LogP contribution in [0.1, 0.15) is 49.9 Å². The first-order chi connectivity index (χ1) is 10.9. The molecule has 0 saturated carbocycles. The van der Waals surface area contributed by atoms with Crippen LogP contribution in [0.4, 0.5) is 0 Å². The highest BCUT2D eigenvalue weighted by Gasteiger charge is 2.32. The Balaban J connectivity index is 1.65. The summed E-state index contributed by atoms with van der Waals surface area (Å²) < 4.78 is 11.5. The van der Waals surface area contributed by atoms with Crippen molar-refractivity contribution < 1.29 is 19.1 Å². The van der Waals surface area contributed by atoms with Crippen LogP contribution < -0.4 is 9.47 Å². The molecule has 1 aromatic rings. The number of ketones is 1. The Hall–Kier alpha value is -2.04. The van der Waals surface area contributed by atoms with Gasteiger partial charge in [0.15, 0.2) is 12.4 Å². The number of fused-ring (bicyclic) bond motifs is 1. The number of Topliss-reactive ketones (excluding diaryl/α,β-unsaturated/α-hetero) is 1. The second-order valence-electron chi connectivity index (χ2n) is 6.85. The van der Waals surface area contributed by atoms with Gasteiger partial charge in [0.2, 0.25) is 0 Å². The van der Waals surface area contributed by atoms with Crippen LogP contribution in [0.3, 0.4) is 0 Å². The predicted molar refractivity (Wildman–Crippen MR) is 86.0 cm³/mol. The van der Waals surface area contributed by atoms with E-state index < -0.39 is 5.60 Å². The molecule has 2 aliphatic rings. The monoisotopic (exact) mass is 317 g/mol. The predicted octanol–water partition coefficient (Wildman–Crippen LogP) is 2.82. The van der Waals surface area contributed by atoms with Crippen LogP contribution in [-0.4, -0.2) is 41.9 Å². The topological polar surface area (TPSA) is 55.8 Å². The summed E-state index contributed by atoms with van der Waals surface area (Å²) in [6.45, 7) is 5.44. The van der Waals surface area contributed by atoms with Crippen LogP contribution in [0, 0.1) is 0 Å². The van der Waals surface area contributed by atoms with Crippen LogP contribution in [0.15, 0.2) is 18.2 Å². The zero-order valence-corrected chi connectivity index (χ0v) is 13.8. The molecule has 1 aromatic carbocycles. The fourth-order valence-corrected chi connectivity index (χ4v) is 3.10. The van der Waals surface area contributed by atoms with Crippen LogP contribution in [0.2, 0.25) is 0 Å². The molecule has 0 unspecified atom stereocenters. The van der Waals surface area contributed by atoms with Gasteiger partial charge in [-0.15, -0.1) is 0 Å². The molecule has 0 radical (unpaired) electrons. The van der Waals surface area contributed by atoms with E-state index >= 15 is 0 Å². The maximum absolute atomic E-state index is 12.1. The highest BCUT2D eigenvalue weighted by molar-refractivity contribution is 6.00. The van der Waals surface area contributed by atoms with Gasteiger partial charge in [0, 0.05) is 19.2 Å². The summed E-state index contributed by atoms with van der Waals surface area (Å²) in [5.41, 5.74) is 0.0748. The van der Waals surface area contributed by atoms with Crippen LogP contribution in [0.25, 0.3) is 0 Å². The quantitative estimate of drug-likeness (QED) is 0.860. The van der Waals surface area contributed by atoms with E-state index in [1.807, 2.05) is 18.7 Å². The molecule has 1 saturated heterocycles. The molecule has 2 heterocycles. The van der Waals surface area contributed by atoms with Crippen molar-refractivity contribution in [2.24, 2.45) is 0 Å². The number of hydrogen-bond acceptors (Lipinski definition) is 4. The molecule has 124 valence electrons. The molecule has 1 amide bonds. The number of amides is 1. The summed E-state index contributed by atoms with van der Waals surface area (Å²) in [6, 6.07) is 5.15. The number of rotatable bonds is 3. The van der Waals surface area contributed by atoms with Gasteiger partial charge in [0.05, 0.1) is 12.0 Å². The number of nitrogens with zero attached hydrogens (tertiary/aromatic N) is 1. The lowest BCUT2D eigenvalue weighted by Crippen LogP contribution is -2.38. The number of ether oxygens (including phenoxy) is 2. The van der Waals surface area contributed by atoms with Gasteiger partial charge >= 0.3 is 0 Å². The van der Waals surface area contributed by atoms with Gasteiger partial charge in [-0.2, -0.15) is 0 Å². The van der Waals surface area contributed by atoms with Gasteiger partial charge in [0.1, 0.15) is 17.1 Å². The minimum absolute atomic E-state index is 0.0137. The molecule has 0 atom stereocenters. The number of carbonyl (C=O) groups excluding carboxylic acids is 2. The molecule has 2 aliphatic heterocycles. The van der Waals surface area contributed by atoms with Crippen molar-refractivity contribution in [3.63, 3.8) is 0 Å². The molecule has 0 aromatic heterocycles. The lowest BCUT2D eigenvalue weighted by Gasteiger charge is -2.31. The van der Waals surface area contributed by atoms with Crippen LogP contribution in [0.5, 0.6) is 11.5 Å². The second kappa shape index (κ2) is 6.22. The number of likely N-dealkylation sites (tertiary alicyclic amines) is 1. The number of benzene rings is 1. The standard InChI is InChI=1S/C18H23NO4/c1-18(2)11-15(20)14-7-6-13(10-16(14)23-18)22-12-17(21)19-8-4-3-5-9-19/h6-7,10H,3-5,8-9,11-12H2,1-2H3. The van der Waals surface area contributed by atoms with E-state index in [-0.39, 0.29) is 18.3 Å². The third-order valence-electron chi connectivity index (χ3n) is 4.30. The molecule has 23 heavy (non-hydrogen) atoms. The van der Waals surface area contributed by atoms with E-state index in [9.17, 15) is 9.59 Å². The average molecular weight is 317 g/mol. The van der Waals surface area contributed by atoms with Crippen molar-refractivity contribution in [1.29, 1.82) is 0 Å². The summed E-state index contributed by atoms with van der Waals surface area (Å²) in [5.74, 6) is 1.18. The Morgan fingerprint density at radius 2 is 2.00 bits per heavy atom. The van der Waals surface area contributed by atoms with Crippen molar-refractivity contribution in [2.45, 2.75) is 45.1 Å². The van der Waals surface area contributed by atoms with Gasteiger partial charge in [-0.25, -0.2) is 0 Å². The maximum atomic E-state index is 12.1. The second-order valence-corrected chi connectivity index (χ2v) is 6.85. The van der Waals surface area contributed by atoms with E-state index in [0.29, 0.717) is 23.5 Å². The van der Waals surface area contributed by atoms with E-state index in [2.05, 4.69) is 0 Å². The highest BCUT2D eigenvalue weighted by atomic mass is 16.5. The molecule has 5 nitrogen and oxygen atoms in total. The third-order valence-corrected chi connectivity index (χ3v) is 4.30. The Morgan fingerprint density at radius 3 is 2.74 bits per heavy atom. The lowest BCUT2D eigenvalue weighted by atomic mass is 9.93. The van der Waals surface area contributed by atoms with Crippen LogP contribution in [-0.2, 0) is 4.79 Å². The van der Waals surface area contributed by atoms with Gasteiger partial charge in [-0.1, -0.05) is 0 Å². The van der Waals surface area contributed by atoms with E-state index in [1.165, 1.54) is 6.42 Å². The first-order valence-electron chi connectivity index (χ1n) is 8.21. The first-order valence-corrected chi connectivity index (χ1v) is 8.21. The lowest BCUT2D eigenvalue weighted by molar-refractivity contribution is -0.134. The van der Waals surface area contributed by atoms with Crippen molar-refractivity contribution in [3.05, 3.63) is 23.8 Å². The molecule has 1 fully saturated rings. The maximum Gasteiger partial charge on any atom is 0.260 e. The van der Waals surface area contributed by atoms with Gasteiger partial charge in [-0.3, -0.25) is 9.59 Å². The van der Waals surface area contributed by atoms with Crippen LogP contribution >= 0.6 is 0 Å². The molecular formula is C18H23NO4. The zero-order valence-electron chi connectivity index (χ0n) is 13.8. The Morgan fingerprint density at radius 1 is 1.26 bits per heavy atom. The first kappa shape index (κ1) is 15.8. The smallest absolute Gasteiger partial charge is 0.260 e. The molecule has 0 spiro atoms. The highest BCUT2D eigenvalue weighted by Crippen LogP contribution is 2.35. The van der Waals surface area contributed by atoms with Gasteiger partial charge in [0.25, 0.3) is 5.91 Å². The summed E-state index contributed by atoms with van der Waals surface area (Å²) >= 11 is 0. The Labute approximate surface area is 136 Å². The number of carbonyl (C=O) groups is 2. The molecule has 3 rings (SSSR count). The summed E-state index contributed by atoms with van der Waals surface area (Å²) in [5, 5.41) is 0. The fourth-order valence-electron chi connectivity index (χ4n) is 3.10. The SMILES string of the molecule is CC1(C)CC(=O)c2ccc(OCC(=O)N3CCCCC3)cc2O1. The normalized spacial score (nSPS) is 19.7. The third kappa shape index (κ3) is 3.66. The van der Waals surface area contributed by atoms with Gasteiger partial charge in [-0.05, 0) is 45.2 Å². The molecular weight excluding hydrogens is 294 g/mol. The summed E-state index contributed by atoms with van der Waals surface area (Å²) in [4.78, 5) is 26.1. The number of piperidine rings is 1. The fraction of sp³-hybridized carbons (Fsp3) is 0.556. The molecule has 0 bridgehead atoms. The van der Waals surface area contributed by atoms with E-state index in [4.69, 9.17) is 9.47 Å². The molecule has 5 heteroatoms. The Bertz CT molecular complexity index is 617. The summed E-state index contributed by atoms with van der Waals surface area (Å²) in [7, 11) is 0. The van der Waals surface area contributed by atoms with E-state index in [0.717, 1.165) is 25.9 Å². The number of hydrogen-bond donors (Lipinski definition) is 0. The average Bonchev–Trinajstić information content (AvgIpc) is 2.52. The minimum Gasteiger partial charge on any atom is -0.486 e. The van der Waals surface area contributed by atoms with Gasteiger partial charge < -0.3 is 14.4 Å². The Kier molecular flexibility index (Phi) is 4.28. The largest absolute Gasteiger partial charge is 0.486 e. The van der Waals surface area contributed by atoms with E-state index in [1.54, 1.807) is 18.2 Å². The van der Waals surface area contributed by atoms with Crippen molar-refractivity contribution >= 4 is 11.7 Å². The molecule has 0 N–H and O–H groups in total. The van der Waals surface area contributed by atoms with Crippen molar-refractivity contribution in [2.75, 3.05) is 19.7 Å². The summed E-state index contributed by atoms with van der Waals surface area (Å²) in [6.07, 6.45) is 3.69. The minimum atomic E-state index is -0.508. The van der Waals surface area contributed by atoms with Crippen molar-refractivity contribution in [1.82, 2.24) is 4.90 Å². The molecule has 0 aliphatic carbocycles. The zero-order chi connectivity index (χ0) is 16.4. The van der Waals surface area contributed by atoms with Crippen molar-refractivity contribution in [3.8, 4) is 11.5 Å².